The van der Waals surface area contributed by atoms with Crippen LogP contribution in [0.4, 0.5) is 4.39 Å². The second-order valence-electron chi connectivity index (χ2n) is 10.5. The predicted molar refractivity (Wildman–Crippen MR) is 146 cm³/mol. The van der Waals surface area contributed by atoms with Gasteiger partial charge in [0.25, 0.3) is 10.7 Å². The number of carbonyl (C=O) groups is 2. The summed E-state index contributed by atoms with van der Waals surface area (Å²) in [7, 11) is -4.36. The minimum atomic E-state index is -4.36. The monoisotopic (exact) mass is 631 g/mol. The van der Waals surface area contributed by atoms with Crippen molar-refractivity contribution in [2.75, 3.05) is 19.0 Å². The zero-order valence-electron chi connectivity index (χ0n) is 23.3. The zero-order valence-corrected chi connectivity index (χ0v) is 25.7. The molecule has 40 heavy (non-hydrogen) atoms. The van der Waals surface area contributed by atoms with E-state index >= 15 is 4.39 Å². The summed E-state index contributed by atoms with van der Waals surface area (Å²) >= 11 is 6.86. The smallest absolute Gasteiger partial charge is 0.406 e. The van der Waals surface area contributed by atoms with E-state index in [1.165, 1.54) is 13.8 Å². The SMILES string of the molecule is Cc1cn([C@@H]2O[C@H](CO[P@@](=O)(N[C@H](C)C(=O)OC(C)C)OCCSC(=O)C(C)(C)C)[C@@H](O)[C@]2(F)Cl)c(=O)[nH]c1=O. The Morgan fingerprint density at radius 3 is 2.52 bits per heavy atom. The van der Waals surface area contributed by atoms with Gasteiger partial charge in [-0.25, -0.2) is 18.8 Å². The number of thioether (sulfide) groups is 1. The highest BCUT2D eigenvalue weighted by Gasteiger charge is 2.58. The number of aliphatic hydroxyl groups is 1. The van der Waals surface area contributed by atoms with Gasteiger partial charge in [-0.05, 0) is 27.7 Å². The Bertz CT molecular complexity index is 1230. The highest BCUT2D eigenvalue weighted by Crippen LogP contribution is 2.48. The predicted octanol–water partition coefficient (Wildman–Crippen LogP) is 2.38. The third kappa shape index (κ3) is 8.96. The maximum Gasteiger partial charge on any atom is 0.406 e. The molecule has 13 nitrogen and oxygen atoms in total. The summed E-state index contributed by atoms with van der Waals surface area (Å²) in [6.45, 7) is 10.2. The number of halogens is 2. The first-order valence-corrected chi connectivity index (χ1v) is 15.3. The molecule has 1 aromatic heterocycles. The van der Waals surface area contributed by atoms with E-state index in [0.29, 0.717) is 4.57 Å². The van der Waals surface area contributed by atoms with E-state index in [4.69, 9.17) is 30.1 Å². The van der Waals surface area contributed by atoms with E-state index < -0.39 is 72.7 Å². The van der Waals surface area contributed by atoms with Crippen molar-refractivity contribution in [1.29, 1.82) is 0 Å². The van der Waals surface area contributed by atoms with Gasteiger partial charge < -0.3 is 14.6 Å². The van der Waals surface area contributed by atoms with Crippen molar-refractivity contribution < 1.29 is 42.2 Å². The summed E-state index contributed by atoms with van der Waals surface area (Å²) in [4.78, 5) is 50.4. The van der Waals surface area contributed by atoms with Crippen molar-refractivity contribution in [2.24, 2.45) is 5.41 Å². The Hall–Kier alpha value is -1.58. The number of ether oxygens (including phenoxy) is 2. The first-order valence-electron chi connectivity index (χ1n) is 12.4. The number of alkyl halides is 2. The molecular formula is C23H36ClFN3O10PS. The molecule has 0 saturated carbocycles. The summed E-state index contributed by atoms with van der Waals surface area (Å²) in [6.07, 6.45) is -4.95. The van der Waals surface area contributed by atoms with Gasteiger partial charge in [0.05, 0.1) is 19.3 Å². The van der Waals surface area contributed by atoms with Crippen LogP contribution in [0.1, 0.15) is 53.3 Å². The average molecular weight is 632 g/mol. The minimum Gasteiger partial charge on any atom is -0.462 e. The Kier molecular flexibility index (Phi) is 11.8. The highest BCUT2D eigenvalue weighted by molar-refractivity contribution is 8.13. The molecular weight excluding hydrogens is 596 g/mol. The van der Waals surface area contributed by atoms with Gasteiger partial charge in [0.2, 0.25) is 0 Å². The average Bonchev–Trinajstić information content (AvgIpc) is 3.05. The van der Waals surface area contributed by atoms with Crippen molar-refractivity contribution >= 4 is 42.2 Å². The van der Waals surface area contributed by atoms with Crippen LogP contribution in [0.15, 0.2) is 15.8 Å². The fourth-order valence-electron chi connectivity index (χ4n) is 3.28. The van der Waals surface area contributed by atoms with E-state index in [-0.39, 0.29) is 23.0 Å². The third-order valence-corrected chi connectivity index (χ3v) is 8.80. The molecule has 2 rings (SSSR count). The van der Waals surface area contributed by atoms with Gasteiger partial charge in [0, 0.05) is 22.9 Å². The normalized spacial score (nSPS) is 25.5. The number of aryl methyl sites for hydroxylation is 1. The van der Waals surface area contributed by atoms with E-state index in [0.717, 1.165) is 18.0 Å². The highest BCUT2D eigenvalue weighted by atomic mass is 35.5. The van der Waals surface area contributed by atoms with Crippen LogP contribution < -0.4 is 16.3 Å². The van der Waals surface area contributed by atoms with E-state index in [2.05, 4.69) is 5.09 Å². The topological polar surface area (TPSA) is 175 Å². The van der Waals surface area contributed by atoms with Crippen LogP contribution in [-0.2, 0) is 32.7 Å². The molecule has 3 N–H and O–H groups in total. The third-order valence-electron chi connectivity index (χ3n) is 5.43. The summed E-state index contributed by atoms with van der Waals surface area (Å²) < 4.78 is 51.0. The number of carbonyl (C=O) groups excluding carboxylic acids is 2. The molecule has 228 valence electrons. The Balaban J connectivity index is 2.19. The molecule has 0 unspecified atom stereocenters. The molecule has 0 radical (unpaired) electrons. The van der Waals surface area contributed by atoms with Crippen LogP contribution in [0.25, 0.3) is 0 Å². The molecule has 1 saturated heterocycles. The second-order valence-corrected chi connectivity index (χ2v) is 13.9. The van der Waals surface area contributed by atoms with E-state index in [1.807, 2.05) is 4.98 Å². The summed E-state index contributed by atoms with van der Waals surface area (Å²) in [5.74, 6) is -0.655. The second kappa shape index (κ2) is 13.6. The van der Waals surface area contributed by atoms with Gasteiger partial charge in [0.1, 0.15) is 18.2 Å². The molecule has 0 amide bonds. The molecule has 17 heteroatoms. The molecule has 1 aliphatic heterocycles. The lowest BCUT2D eigenvalue weighted by molar-refractivity contribution is -0.149. The Morgan fingerprint density at radius 2 is 1.95 bits per heavy atom. The van der Waals surface area contributed by atoms with Gasteiger partial charge in [0.15, 0.2) is 11.3 Å². The van der Waals surface area contributed by atoms with Gasteiger partial charge in [-0.3, -0.25) is 33.0 Å². The number of H-pyrrole nitrogens is 1. The first kappa shape index (κ1) is 34.6. The molecule has 0 aromatic carbocycles. The van der Waals surface area contributed by atoms with Crippen molar-refractivity contribution in [2.45, 2.75) is 84.2 Å². The van der Waals surface area contributed by atoms with Crippen LogP contribution in [0.3, 0.4) is 0 Å². The van der Waals surface area contributed by atoms with Crippen molar-refractivity contribution in [3.63, 3.8) is 0 Å². The summed E-state index contributed by atoms with van der Waals surface area (Å²) in [5.41, 5.74) is -2.29. The van der Waals surface area contributed by atoms with E-state index in [9.17, 15) is 28.8 Å². The van der Waals surface area contributed by atoms with Crippen LogP contribution in [0, 0.1) is 12.3 Å². The molecule has 0 bridgehead atoms. The fourth-order valence-corrected chi connectivity index (χ4v) is 5.97. The number of esters is 1. The van der Waals surface area contributed by atoms with Gasteiger partial charge in [-0.2, -0.15) is 0 Å². The fraction of sp³-hybridized carbons (Fsp3) is 0.739. The maximum absolute atomic E-state index is 15.4. The number of rotatable bonds is 12. The van der Waals surface area contributed by atoms with Crippen LogP contribution >= 0.6 is 31.1 Å². The zero-order chi connectivity index (χ0) is 30.6. The van der Waals surface area contributed by atoms with Crippen molar-refractivity contribution in [1.82, 2.24) is 14.6 Å². The minimum absolute atomic E-state index is 0.0528. The van der Waals surface area contributed by atoms with Gasteiger partial charge in [-0.15, -0.1) is 0 Å². The number of aromatic amines is 1. The largest absolute Gasteiger partial charge is 0.462 e. The van der Waals surface area contributed by atoms with Crippen LogP contribution in [-0.4, -0.2) is 74.2 Å². The number of nitrogens with zero attached hydrogens (tertiary/aromatic N) is 1. The van der Waals surface area contributed by atoms with Crippen molar-refractivity contribution in [3.05, 3.63) is 32.6 Å². The lowest BCUT2D eigenvalue weighted by Gasteiger charge is -2.25. The number of hydrogen-bond donors (Lipinski definition) is 3. The maximum atomic E-state index is 15.4. The number of nitrogens with one attached hydrogen (secondary N) is 2. The number of aliphatic hydroxyl groups excluding tert-OH is 1. The lowest BCUT2D eigenvalue weighted by atomic mass is 10.00. The Labute approximate surface area is 240 Å². The number of hydrogen-bond acceptors (Lipinski definition) is 11. The van der Waals surface area contributed by atoms with Gasteiger partial charge >= 0.3 is 19.4 Å². The molecule has 0 spiro atoms. The van der Waals surface area contributed by atoms with Crippen molar-refractivity contribution in [3.8, 4) is 0 Å². The lowest BCUT2D eigenvalue weighted by Crippen LogP contribution is -2.42. The Morgan fingerprint density at radius 1 is 1.32 bits per heavy atom. The first-order chi connectivity index (χ1) is 18.3. The molecule has 2 heterocycles. The standard InChI is InChI=1S/C23H36ClFN3O10PS/c1-12(2)37-18(31)14(4)27-39(34,35-8-9-40-20(32)22(5,6)7)36-11-15-16(29)23(24,25)19(38-15)28-10-13(3)17(30)26-21(28)33/h10,12,14-16,19,29H,8-9,11H2,1-7H3,(H,27,34)(H,26,30,33)/t14-,15-,16-,19-,23-,39-/m1/s1. The number of aromatic nitrogens is 2. The molecule has 1 fully saturated rings. The van der Waals surface area contributed by atoms with Crippen LogP contribution in [0.5, 0.6) is 0 Å². The molecule has 0 aliphatic carbocycles. The quantitative estimate of drug-likeness (QED) is 0.133. The van der Waals surface area contributed by atoms with Crippen LogP contribution in [0.2, 0.25) is 0 Å². The summed E-state index contributed by atoms with van der Waals surface area (Å²) in [5, 5.41) is 9.77. The molecule has 1 aliphatic rings. The van der Waals surface area contributed by atoms with E-state index in [1.54, 1.807) is 34.6 Å². The summed E-state index contributed by atoms with van der Waals surface area (Å²) in [6, 6.07) is -1.17. The van der Waals surface area contributed by atoms with Gasteiger partial charge in [-0.1, -0.05) is 44.1 Å². The molecule has 1 aromatic rings. The molecule has 6 atom stereocenters.